The molecule has 0 radical (unpaired) electrons. The number of aromatic amines is 1. The first-order chi connectivity index (χ1) is 9.98. The van der Waals surface area contributed by atoms with Gasteiger partial charge in [0.2, 0.25) is 10.0 Å². The summed E-state index contributed by atoms with van der Waals surface area (Å²) in [6.45, 7) is 0.594. The monoisotopic (exact) mass is 306 g/mol. The Hall–Kier alpha value is -2.12. The fourth-order valence-corrected chi connectivity index (χ4v) is 3.88. The van der Waals surface area contributed by atoms with Crippen molar-refractivity contribution in [3.8, 4) is 0 Å². The fraction of sp³-hybridized carbons (Fsp3) is 0.214. The van der Waals surface area contributed by atoms with Gasteiger partial charge in [-0.15, -0.1) is 0 Å². The molecule has 0 fully saturated rings. The molecule has 7 heteroatoms. The average molecular weight is 306 g/mol. The molecule has 0 amide bonds. The van der Waals surface area contributed by atoms with Gasteiger partial charge in [0.25, 0.3) is 0 Å². The molecule has 0 bridgehead atoms. The smallest absolute Gasteiger partial charge is 0.335 e. The van der Waals surface area contributed by atoms with E-state index in [4.69, 9.17) is 5.11 Å². The molecule has 1 aromatic carbocycles. The van der Waals surface area contributed by atoms with Crippen molar-refractivity contribution in [3.63, 3.8) is 0 Å². The molecular formula is C14H14N2O4S. The first-order valence-electron chi connectivity index (χ1n) is 6.46. The Labute approximate surface area is 122 Å². The zero-order valence-electron chi connectivity index (χ0n) is 11.1. The van der Waals surface area contributed by atoms with Gasteiger partial charge in [0.15, 0.2) is 0 Å². The maximum absolute atomic E-state index is 12.5. The second-order valence-electron chi connectivity index (χ2n) is 4.92. The van der Waals surface area contributed by atoms with Gasteiger partial charge in [-0.3, -0.25) is 0 Å². The van der Waals surface area contributed by atoms with E-state index < -0.39 is 16.0 Å². The summed E-state index contributed by atoms with van der Waals surface area (Å²) in [6, 6.07) is 6.38. The number of carboxylic acid groups (broad SMARTS) is 1. The van der Waals surface area contributed by atoms with Gasteiger partial charge in [0.05, 0.1) is 10.5 Å². The van der Waals surface area contributed by atoms with E-state index in [0.717, 1.165) is 11.1 Å². The molecule has 21 heavy (non-hydrogen) atoms. The predicted molar refractivity (Wildman–Crippen MR) is 75.5 cm³/mol. The summed E-state index contributed by atoms with van der Waals surface area (Å²) in [7, 11) is -3.54. The van der Waals surface area contributed by atoms with E-state index in [2.05, 4.69) is 4.98 Å². The number of fused-ring (bicyclic) bond motifs is 1. The fourth-order valence-electron chi connectivity index (χ4n) is 2.49. The van der Waals surface area contributed by atoms with Crippen LogP contribution in [0.4, 0.5) is 0 Å². The van der Waals surface area contributed by atoms with Crippen LogP contribution in [0.2, 0.25) is 0 Å². The first-order valence-corrected chi connectivity index (χ1v) is 7.90. The molecule has 1 aliphatic rings. The Balaban J connectivity index is 1.94. The van der Waals surface area contributed by atoms with Crippen LogP contribution in [0, 0.1) is 0 Å². The number of aromatic carboxylic acids is 1. The number of aromatic nitrogens is 1. The van der Waals surface area contributed by atoms with Crippen molar-refractivity contribution in [1.29, 1.82) is 0 Å². The van der Waals surface area contributed by atoms with Gasteiger partial charge in [-0.25, -0.2) is 13.2 Å². The van der Waals surface area contributed by atoms with Crippen molar-refractivity contribution in [2.75, 3.05) is 6.54 Å². The minimum atomic E-state index is -3.54. The van der Waals surface area contributed by atoms with E-state index in [0.29, 0.717) is 13.0 Å². The SMILES string of the molecule is O=C(O)c1ccc2c(c1)CN(S(=O)(=O)c1cc[nH]c1)CC2. The highest BCUT2D eigenvalue weighted by molar-refractivity contribution is 7.89. The molecule has 110 valence electrons. The van der Waals surface area contributed by atoms with Crippen LogP contribution in [0.15, 0.2) is 41.6 Å². The van der Waals surface area contributed by atoms with Gasteiger partial charge in [-0.2, -0.15) is 4.31 Å². The van der Waals surface area contributed by atoms with E-state index in [1.54, 1.807) is 24.4 Å². The standard InChI is InChI=1S/C14H14N2O4S/c17-14(18)11-2-1-10-4-6-16(9-12(10)7-11)21(19,20)13-3-5-15-8-13/h1-3,5,7-8,15H,4,6,9H2,(H,17,18). The van der Waals surface area contributed by atoms with E-state index >= 15 is 0 Å². The van der Waals surface area contributed by atoms with Gasteiger partial charge >= 0.3 is 5.97 Å². The van der Waals surface area contributed by atoms with Crippen LogP contribution in [0.1, 0.15) is 21.5 Å². The Morgan fingerprint density at radius 2 is 2.05 bits per heavy atom. The van der Waals surface area contributed by atoms with E-state index in [-0.39, 0.29) is 17.0 Å². The summed E-state index contributed by atoms with van der Waals surface area (Å²) >= 11 is 0. The Morgan fingerprint density at radius 3 is 2.71 bits per heavy atom. The Kier molecular flexibility index (Phi) is 3.30. The number of H-pyrrole nitrogens is 1. The van der Waals surface area contributed by atoms with Crippen LogP contribution >= 0.6 is 0 Å². The lowest BCUT2D eigenvalue weighted by atomic mass is 9.99. The van der Waals surface area contributed by atoms with Crippen LogP contribution in [-0.2, 0) is 23.0 Å². The third-order valence-electron chi connectivity index (χ3n) is 3.64. The normalized spacial score (nSPS) is 15.6. The van der Waals surface area contributed by atoms with E-state index in [1.165, 1.54) is 16.6 Å². The maximum atomic E-state index is 12.5. The molecule has 0 spiro atoms. The number of rotatable bonds is 3. The van der Waals surface area contributed by atoms with Crippen molar-refractivity contribution in [2.24, 2.45) is 0 Å². The number of carboxylic acids is 1. The third kappa shape index (κ3) is 2.45. The molecule has 0 unspecified atom stereocenters. The number of nitrogens with zero attached hydrogens (tertiary/aromatic N) is 1. The second-order valence-corrected chi connectivity index (χ2v) is 6.86. The highest BCUT2D eigenvalue weighted by atomic mass is 32.2. The summed E-state index contributed by atoms with van der Waals surface area (Å²) in [4.78, 5) is 14.0. The zero-order chi connectivity index (χ0) is 15.0. The van der Waals surface area contributed by atoms with Crippen LogP contribution in [0.5, 0.6) is 0 Å². The molecular weight excluding hydrogens is 292 g/mol. The van der Waals surface area contributed by atoms with Crippen molar-refractivity contribution in [2.45, 2.75) is 17.9 Å². The maximum Gasteiger partial charge on any atom is 0.335 e. The van der Waals surface area contributed by atoms with Crippen LogP contribution < -0.4 is 0 Å². The first kappa shape index (κ1) is 13.8. The van der Waals surface area contributed by atoms with Crippen molar-refractivity contribution in [3.05, 3.63) is 53.3 Å². The zero-order valence-corrected chi connectivity index (χ0v) is 11.9. The van der Waals surface area contributed by atoms with Crippen LogP contribution in [-0.4, -0.2) is 35.3 Å². The summed E-state index contributed by atoms with van der Waals surface area (Å²) < 4.78 is 26.3. The van der Waals surface area contributed by atoms with E-state index in [9.17, 15) is 13.2 Å². The molecule has 1 aliphatic heterocycles. The Bertz CT molecular complexity index is 781. The molecule has 0 saturated heterocycles. The highest BCUT2D eigenvalue weighted by Gasteiger charge is 2.28. The summed E-state index contributed by atoms with van der Waals surface area (Å²) in [5.41, 5.74) is 1.93. The van der Waals surface area contributed by atoms with Crippen molar-refractivity contribution in [1.82, 2.24) is 9.29 Å². The highest BCUT2D eigenvalue weighted by Crippen LogP contribution is 2.25. The van der Waals surface area contributed by atoms with Crippen LogP contribution in [0.3, 0.4) is 0 Å². The van der Waals surface area contributed by atoms with Gasteiger partial charge < -0.3 is 10.1 Å². The predicted octanol–water partition coefficient (Wildman–Crippen LogP) is 1.46. The minimum Gasteiger partial charge on any atom is -0.478 e. The molecule has 6 nitrogen and oxygen atoms in total. The molecule has 2 heterocycles. The Morgan fingerprint density at radius 1 is 1.24 bits per heavy atom. The van der Waals surface area contributed by atoms with Crippen molar-refractivity contribution < 1.29 is 18.3 Å². The third-order valence-corrected chi connectivity index (χ3v) is 5.48. The topological polar surface area (TPSA) is 90.5 Å². The average Bonchev–Trinajstić information content (AvgIpc) is 3.01. The molecule has 0 aliphatic carbocycles. The molecule has 0 saturated carbocycles. The molecule has 3 rings (SSSR count). The van der Waals surface area contributed by atoms with Gasteiger partial charge in [0.1, 0.15) is 0 Å². The minimum absolute atomic E-state index is 0.176. The lowest BCUT2D eigenvalue weighted by Crippen LogP contribution is -2.35. The number of hydrogen-bond donors (Lipinski definition) is 2. The van der Waals surface area contributed by atoms with Crippen LogP contribution in [0.25, 0.3) is 0 Å². The van der Waals surface area contributed by atoms with Crippen molar-refractivity contribution >= 4 is 16.0 Å². The summed E-state index contributed by atoms with van der Waals surface area (Å²) in [5.74, 6) is -1.01. The number of benzene rings is 1. The number of nitrogens with one attached hydrogen (secondary N) is 1. The largest absolute Gasteiger partial charge is 0.478 e. The molecule has 2 aromatic rings. The molecule has 1 aromatic heterocycles. The summed E-state index contributed by atoms with van der Waals surface area (Å²) in [6.07, 6.45) is 3.59. The van der Waals surface area contributed by atoms with E-state index in [1.807, 2.05) is 0 Å². The number of carbonyl (C=O) groups is 1. The molecule has 2 N–H and O–H groups in total. The lowest BCUT2D eigenvalue weighted by Gasteiger charge is -2.27. The number of hydrogen-bond acceptors (Lipinski definition) is 3. The quantitative estimate of drug-likeness (QED) is 0.898. The summed E-state index contributed by atoms with van der Waals surface area (Å²) in [5, 5.41) is 9.03. The second kappa shape index (κ2) is 5.01. The number of sulfonamides is 1. The van der Waals surface area contributed by atoms with Gasteiger partial charge in [-0.05, 0) is 35.7 Å². The van der Waals surface area contributed by atoms with Gasteiger partial charge in [0, 0.05) is 25.5 Å². The molecule has 0 atom stereocenters. The lowest BCUT2D eigenvalue weighted by molar-refractivity contribution is 0.0696. The van der Waals surface area contributed by atoms with Gasteiger partial charge in [-0.1, -0.05) is 6.07 Å².